The zero-order valence-electron chi connectivity index (χ0n) is 15.6. The Kier molecular flexibility index (Phi) is 6.03. The summed E-state index contributed by atoms with van der Waals surface area (Å²) in [6.45, 7) is 1.39. The van der Waals surface area contributed by atoms with Gasteiger partial charge < -0.3 is 9.64 Å². The lowest BCUT2D eigenvalue weighted by atomic mass is 10.2. The Morgan fingerprint density at radius 1 is 1.15 bits per heavy atom. The van der Waals surface area contributed by atoms with Crippen molar-refractivity contribution in [3.05, 3.63) is 53.8 Å². The molecule has 0 unspecified atom stereocenters. The highest BCUT2D eigenvalue weighted by molar-refractivity contribution is 7.22. The van der Waals surface area contributed by atoms with E-state index in [-0.39, 0.29) is 11.7 Å². The van der Waals surface area contributed by atoms with E-state index in [2.05, 4.69) is 9.88 Å². The number of fused-ring (bicyclic) bond motifs is 1. The standard InChI is InChI=1S/C20H22FN3O2S/c1-23(2)11-4-12-24(19(25)14-5-7-15(21)8-6-14)20-22-17-10-9-16(26-3)13-18(17)27-20/h5-10,13H,4,11-12H2,1-3H3. The van der Waals surface area contributed by atoms with E-state index < -0.39 is 0 Å². The maximum atomic E-state index is 13.2. The summed E-state index contributed by atoms with van der Waals surface area (Å²) in [4.78, 5) is 21.4. The Morgan fingerprint density at radius 3 is 2.56 bits per heavy atom. The van der Waals surface area contributed by atoms with Crippen molar-refractivity contribution in [2.45, 2.75) is 6.42 Å². The van der Waals surface area contributed by atoms with Gasteiger partial charge in [0.1, 0.15) is 11.6 Å². The van der Waals surface area contributed by atoms with Crippen molar-refractivity contribution in [1.82, 2.24) is 9.88 Å². The number of carbonyl (C=O) groups excluding carboxylic acids is 1. The van der Waals surface area contributed by atoms with E-state index >= 15 is 0 Å². The summed E-state index contributed by atoms with van der Waals surface area (Å²) < 4.78 is 19.4. The van der Waals surface area contributed by atoms with Gasteiger partial charge in [-0.25, -0.2) is 9.37 Å². The van der Waals surface area contributed by atoms with E-state index in [9.17, 15) is 9.18 Å². The number of methoxy groups -OCH3 is 1. The number of rotatable bonds is 7. The molecule has 3 rings (SSSR count). The van der Waals surface area contributed by atoms with Gasteiger partial charge in [-0.2, -0.15) is 0 Å². The lowest BCUT2D eigenvalue weighted by molar-refractivity contribution is 0.0986. The van der Waals surface area contributed by atoms with Crippen molar-refractivity contribution in [1.29, 1.82) is 0 Å². The first-order chi connectivity index (χ1) is 13.0. The Labute approximate surface area is 162 Å². The summed E-state index contributed by atoms with van der Waals surface area (Å²) >= 11 is 1.45. The summed E-state index contributed by atoms with van der Waals surface area (Å²) in [5, 5.41) is 0.631. The molecule has 0 N–H and O–H groups in total. The highest BCUT2D eigenvalue weighted by Gasteiger charge is 2.21. The van der Waals surface area contributed by atoms with Gasteiger partial charge in [0.05, 0.1) is 17.3 Å². The van der Waals surface area contributed by atoms with E-state index in [0.29, 0.717) is 17.2 Å². The Bertz CT molecular complexity index is 925. The first-order valence-corrected chi connectivity index (χ1v) is 9.46. The predicted molar refractivity (Wildman–Crippen MR) is 107 cm³/mol. The quantitative estimate of drug-likeness (QED) is 0.614. The van der Waals surface area contributed by atoms with Crippen molar-refractivity contribution < 1.29 is 13.9 Å². The van der Waals surface area contributed by atoms with Crippen LogP contribution in [0.2, 0.25) is 0 Å². The van der Waals surface area contributed by atoms with Crippen molar-refractivity contribution in [2.24, 2.45) is 0 Å². The molecular formula is C20H22FN3O2S. The van der Waals surface area contributed by atoms with E-state index in [1.807, 2.05) is 32.3 Å². The minimum Gasteiger partial charge on any atom is -0.497 e. The Morgan fingerprint density at radius 2 is 1.89 bits per heavy atom. The Balaban J connectivity index is 1.93. The van der Waals surface area contributed by atoms with Crippen LogP contribution >= 0.6 is 11.3 Å². The largest absolute Gasteiger partial charge is 0.497 e. The summed E-state index contributed by atoms with van der Waals surface area (Å²) in [6.07, 6.45) is 0.805. The van der Waals surface area contributed by atoms with Crippen molar-refractivity contribution in [2.75, 3.05) is 39.2 Å². The number of benzene rings is 2. The normalized spacial score (nSPS) is 11.1. The molecule has 0 aliphatic carbocycles. The summed E-state index contributed by atoms with van der Waals surface area (Å²) in [7, 11) is 5.61. The molecule has 0 spiro atoms. The molecule has 0 bridgehead atoms. The molecule has 2 aromatic carbocycles. The second-order valence-corrected chi connectivity index (χ2v) is 7.46. The van der Waals surface area contributed by atoms with Gasteiger partial charge >= 0.3 is 0 Å². The van der Waals surface area contributed by atoms with Gasteiger partial charge in [-0.05, 0) is 69.5 Å². The third kappa shape index (κ3) is 4.61. The van der Waals surface area contributed by atoms with E-state index in [1.54, 1.807) is 12.0 Å². The molecule has 0 radical (unpaired) electrons. The number of carbonyl (C=O) groups is 1. The molecule has 7 heteroatoms. The fourth-order valence-electron chi connectivity index (χ4n) is 2.71. The number of halogens is 1. The van der Waals surface area contributed by atoms with Crippen LogP contribution in [0.5, 0.6) is 5.75 Å². The van der Waals surface area contributed by atoms with Gasteiger partial charge in [-0.15, -0.1) is 0 Å². The molecule has 0 aliphatic heterocycles. The zero-order valence-corrected chi connectivity index (χ0v) is 16.4. The number of ether oxygens (including phenoxy) is 1. The van der Waals surface area contributed by atoms with Crippen LogP contribution in [0.3, 0.4) is 0 Å². The number of hydrogen-bond donors (Lipinski definition) is 0. The number of aromatic nitrogens is 1. The van der Waals surface area contributed by atoms with Gasteiger partial charge in [0.2, 0.25) is 0 Å². The molecule has 0 saturated heterocycles. The molecule has 27 heavy (non-hydrogen) atoms. The highest BCUT2D eigenvalue weighted by atomic mass is 32.1. The molecule has 5 nitrogen and oxygen atoms in total. The van der Waals surface area contributed by atoms with Gasteiger partial charge in [-0.1, -0.05) is 11.3 Å². The van der Waals surface area contributed by atoms with Crippen LogP contribution in [-0.4, -0.2) is 50.1 Å². The van der Waals surface area contributed by atoms with Gasteiger partial charge in [0, 0.05) is 12.1 Å². The summed E-state index contributed by atoms with van der Waals surface area (Å²) in [5.74, 6) is 0.208. The van der Waals surface area contributed by atoms with Crippen LogP contribution in [0.1, 0.15) is 16.8 Å². The summed E-state index contributed by atoms with van der Waals surface area (Å²) in [5.41, 5.74) is 1.26. The molecule has 1 heterocycles. The molecular weight excluding hydrogens is 365 g/mol. The smallest absolute Gasteiger partial charge is 0.260 e. The average Bonchev–Trinajstić information content (AvgIpc) is 3.07. The number of thiazole rings is 1. The topological polar surface area (TPSA) is 45.7 Å². The van der Waals surface area contributed by atoms with E-state index in [0.717, 1.165) is 28.9 Å². The van der Waals surface area contributed by atoms with Gasteiger partial charge in [0.15, 0.2) is 5.13 Å². The van der Waals surface area contributed by atoms with Crippen molar-refractivity contribution in [3.63, 3.8) is 0 Å². The minimum absolute atomic E-state index is 0.181. The SMILES string of the molecule is COc1ccc2nc(N(CCCN(C)C)C(=O)c3ccc(F)cc3)sc2c1. The maximum absolute atomic E-state index is 13.2. The second-order valence-electron chi connectivity index (χ2n) is 6.45. The molecule has 0 fully saturated rings. The second kappa shape index (κ2) is 8.45. The molecule has 142 valence electrons. The maximum Gasteiger partial charge on any atom is 0.260 e. The number of amides is 1. The van der Waals surface area contributed by atoms with Crippen LogP contribution in [-0.2, 0) is 0 Å². The third-order valence-electron chi connectivity index (χ3n) is 4.14. The van der Waals surface area contributed by atoms with Crippen LogP contribution in [0.15, 0.2) is 42.5 Å². The number of nitrogens with zero attached hydrogens (tertiary/aromatic N) is 3. The Hall–Kier alpha value is -2.51. The number of anilines is 1. The molecule has 0 saturated carbocycles. The van der Waals surface area contributed by atoms with Crippen molar-refractivity contribution in [3.8, 4) is 5.75 Å². The fraction of sp³-hybridized carbons (Fsp3) is 0.300. The lowest BCUT2D eigenvalue weighted by Crippen LogP contribution is -2.33. The fourth-order valence-corrected chi connectivity index (χ4v) is 3.73. The van der Waals surface area contributed by atoms with E-state index in [1.165, 1.54) is 35.6 Å². The van der Waals surface area contributed by atoms with Crippen LogP contribution in [0.25, 0.3) is 10.2 Å². The molecule has 3 aromatic rings. The average molecular weight is 387 g/mol. The molecule has 0 aliphatic rings. The first kappa shape index (κ1) is 19.3. The van der Waals surface area contributed by atoms with Crippen LogP contribution in [0, 0.1) is 5.82 Å². The molecule has 1 amide bonds. The molecule has 0 atom stereocenters. The first-order valence-electron chi connectivity index (χ1n) is 8.64. The van der Waals surface area contributed by atoms with Gasteiger partial charge in [-0.3, -0.25) is 9.69 Å². The third-order valence-corrected chi connectivity index (χ3v) is 5.18. The molecule has 1 aromatic heterocycles. The zero-order chi connectivity index (χ0) is 19.4. The predicted octanol–water partition coefficient (Wildman–Crippen LogP) is 4.04. The van der Waals surface area contributed by atoms with Gasteiger partial charge in [0.25, 0.3) is 5.91 Å². The van der Waals surface area contributed by atoms with Crippen molar-refractivity contribution >= 4 is 32.6 Å². The minimum atomic E-state index is -0.363. The summed E-state index contributed by atoms with van der Waals surface area (Å²) in [6, 6.07) is 11.3. The monoisotopic (exact) mass is 387 g/mol. The van der Waals surface area contributed by atoms with Crippen LogP contribution in [0.4, 0.5) is 9.52 Å². The number of hydrogen-bond acceptors (Lipinski definition) is 5. The van der Waals surface area contributed by atoms with Crippen LogP contribution < -0.4 is 9.64 Å². The highest BCUT2D eigenvalue weighted by Crippen LogP contribution is 2.32. The van der Waals surface area contributed by atoms with E-state index in [4.69, 9.17) is 4.74 Å². The lowest BCUT2D eigenvalue weighted by Gasteiger charge is -2.21.